The predicted molar refractivity (Wildman–Crippen MR) is 111 cm³/mol. The van der Waals surface area contributed by atoms with Gasteiger partial charge >= 0.3 is 0 Å². The molecule has 0 aliphatic heterocycles. The Balaban J connectivity index is 1.63. The second-order valence-corrected chi connectivity index (χ2v) is 7.84. The topological polar surface area (TPSA) is 36.7 Å². The maximum atomic E-state index is 9.63. The minimum atomic E-state index is 0.691. The van der Waals surface area contributed by atoms with Crippen LogP contribution < -0.4 is 0 Å². The first-order valence-electron chi connectivity index (χ1n) is 8.11. The molecule has 0 aliphatic rings. The van der Waals surface area contributed by atoms with E-state index in [-0.39, 0.29) is 0 Å². The van der Waals surface area contributed by atoms with Crippen LogP contribution in [-0.2, 0) is 0 Å². The molecule has 3 heterocycles. The molecular weight excluding hydrogens is 356 g/mol. The van der Waals surface area contributed by atoms with E-state index < -0.39 is 0 Å². The fraction of sp³-hybridized carbons (Fsp3) is 0. The fourth-order valence-corrected chi connectivity index (χ4v) is 4.58. The second kappa shape index (κ2) is 7.49. The Morgan fingerprint density at radius 2 is 1.50 bits per heavy atom. The Bertz CT molecular complexity index is 1080. The summed E-state index contributed by atoms with van der Waals surface area (Å²) in [5.41, 5.74) is 3.01. The Morgan fingerprint density at radius 3 is 2.27 bits per heavy atom. The monoisotopic (exact) mass is 370 g/mol. The molecular formula is C22H14N2S2. The molecule has 4 rings (SSSR count). The van der Waals surface area contributed by atoms with E-state index in [1.54, 1.807) is 35.1 Å². The first-order chi connectivity index (χ1) is 12.8. The van der Waals surface area contributed by atoms with Crippen molar-refractivity contribution in [3.63, 3.8) is 0 Å². The average molecular weight is 371 g/mol. The van der Waals surface area contributed by atoms with Crippen LogP contribution in [0.4, 0.5) is 0 Å². The van der Waals surface area contributed by atoms with E-state index in [4.69, 9.17) is 0 Å². The highest BCUT2D eigenvalue weighted by atomic mass is 32.1. The van der Waals surface area contributed by atoms with Gasteiger partial charge in [0, 0.05) is 31.9 Å². The van der Waals surface area contributed by atoms with E-state index in [2.05, 4.69) is 41.4 Å². The highest BCUT2D eigenvalue weighted by molar-refractivity contribution is 7.17. The van der Waals surface area contributed by atoms with Gasteiger partial charge in [-0.05, 0) is 53.6 Å². The maximum Gasteiger partial charge on any atom is 0.101 e. The van der Waals surface area contributed by atoms with Crippen molar-refractivity contribution >= 4 is 34.3 Å². The molecule has 1 aromatic carbocycles. The first-order valence-corrected chi connectivity index (χ1v) is 9.74. The molecule has 4 aromatic rings. The lowest BCUT2D eigenvalue weighted by molar-refractivity contribution is 1.33. The SMILES string of the molecule is N#CC(=Cc1ccc(-c2ccccc2)s1)c1ccc(-c2ccncc2)s1. The third-order valence-electron chi connectivity index (χ3n) is 3.93. The third-order valence-corrected chi connectivity index (χ3v) is 6.18. The normalized spacial score (nSPS) is 11.3. The van der Waals surface area contributed by atoms with Crippen LogP contribution in [0.15, 0.2) is 79.1 Å². The Morgan fingerprint density at radius 1 is 0.808 bits per heavy atom. The number of nitrogens with zero attached hydrogens (tertiary/aromatic N) is 2. The molecule has 0 atom stereocenters. The van der Waals surface area contributed by atoms with Crippen LogP contribution in [0.5, 0.6) is 0 Å². The Labute approximate surface area is 160 Å². The van der Waals surface area contributed by atoms with Crippen molar-refractivity contribution in [1.29, 1.82) is 5.26 Å². The zero-order valence-electron chi connectivity index (χ0n) is 13.8. The molecule has 0 saturated heterocycles. The quantitative estimate of drug-likeness (QED) is 0.379. The predicted octanol–water partition coefficient (Wildman–Crippen LogP) is 6.60. The van der Waals surface area contributed by atoms with Crippen LogP contribution >= 0.6 is 22.7 Å². The van der Waals surface area contributed by atoms with Crippen molar-refractivity contribution in [1.82, 2.24) is 4.98 Å². The van der Waals surface area contributed by atoms with Crippen molar-refractivity contribution in [3.8, 4) is 27.0 Å². The molecule has 3 aromatic heterocycles. The molecule has 0 aliphatic carbocycles. The summed E-state index contributed by atoms with van der Waals surface area (Å²) >= 11 is 3.32. The molecule has 0 saturated carbocycles. The molecule has 0 fully saturated rings. The van der Waals surface area contributed by atoms with Crippen molar-refractivity contribution in [2.75, 3.05) is 0 Å². The molecule has 2 nitrogen and oxygen atoms in total. The van der Waals surface area contributed by atoms with Crippen LogP contribution in [-0.4, -0.2) is 4.98 Å². The number of allylic oxidation sites excluding steroid dienone is 1. The van der Waals surface area contributed by atoms with E-state index in [1.807, 2.05) is 42.5 Å². The van der Waals surface area contributed by atoms with Gasteiger partial charge in [0.1, 0.15) is 6.07 Å². The van der Waals surface area contributed by atoms with Crippen LogP contribution in [0.2, 0.25) is 0 Å². The van der Waals surface area contributed by atoms with Gasteiger partial charge in [-0.15, -0.1) is 22.7 Å². The van der Waals surface area contributed by atoms with E-state index in [0.29, 0.717) is 5.57 Å². The molecule has 4 heteroatoms. The highest BCUT2D eigenvalue weighted by Gasteiger charge is 2.08. The average Bonchev–Trinajstić information content (AvgIpc) is 3.37. The summed E-state index contributed by atoms with van der Waals surface area (Å²) in [4.78, 5) is 8.46. The molecule has 0 spiro atoms. The van der Waals surface area contributed by atoms with Crippen molar-refractivity contribution in [2.24, 2.45) is 0 Å². The lowest BCUT2D eigenvalue weighted by Crippen LogP contribution is -1.74. The van der Waals surface area contributed by atoms with Gasteiger partial charge in [-0.2, -0.15) is 5.26 Å². The minimum Gasteiger partial charge on any atom is -0.265 e. The molecule has 26 heavy (non-hydrogen) atoms. The summed E-state index contributed by atoms with van der Waals surface area (Å²) in [5, 5.41) is 9.63. The number of hydrogen-bond acceptors (Lipinski definition) is 4. The van der Waals surface area contributed by atoms with E-state index in [1.165, 1.54) is 10.4 Å². The number of benzene rings is 1. The maximum absolute atomic E-state index is 9.63. The number of pyridine rings is 1. The summed E-state index contributed by atoms with van der Waals surface area (Å²) in [7, 11) is 0. The number of aromatic nitrogens is 1. The summed E-state index contributed by atoms with van der Waals surface area (Å²) < 4.78 is 0. The summed E-state index contributed by atoms with van der Waals surface area (Å²) in [6, 6.07) is 24.9. The lowest BCUT2D eigenvalue weighted by atomic mass is 10.2. The zero-order chi connectivity index (χ0) is 17.8. The lowest BCUT2D eigenvalue weighted by Gasteiger charge is -1.96. The number of thiophene rings is 2. The number of hydrogen-bond donors (Lipinski definition) is 0. The van der Waals surface area contributed by atoms with Gasteiger partial charge in [0.2, 0.25) is 0 Å². The largest absolute Gasteiger partial charge is 0.265 e. The first kappa shape index (κ1) is 16.5. The molecule has 124 valence electrons. The minimum absolute atomic E-state index is 0.691. The highest BCUT2D eigenvalue weighted by Crippen LogP contribution is 2.34. The molecule has 0 radical (unpaired) electrons. The van der Waals surface area contributed by atoms with Crippen molar-refractivity contribution in [2.45, 2.75) is 0 Å². The van der Waals surface area contributed by atoms with Crippen LogP contribution in [0, 0.1) is 11.3 Å². The molecule has 0 unspecified atom stereocenters. The standard InChI is InChI=1S/C22H14N2S2/c23-15-18(22-9-8-21(26-22)17-10-12-24-13-11-17)14-19-6-7-20(25-19)16-4-2-1-3-5-16/h1-14H. The number of rotatable bonds is 4. The van der Waals surface area contributed by atoms with Gasteiger partial charge in [-0.25, -0.2) is 0 Å². The van der Waals surface area contributed by atoms with Gasteiger partial charge in [-0.1, -0.05) is 30.3 Å². The number of nitriles is 1. The van der Waals surface area contributed by atoms with E-state index >= 15 is 0 Å². The Hall–Kier alpha value is -3.00. The second-order valence-electron chi connectivity index (χ2n) is 5.64. The van der Waals surface area contributed by atoms with E-state index in [0.717, 1.165) is 20.2 Å². The Kier molecular flexibility index (Phi) is 4.74. The zero-order valence-corrected chi connectivity index (χ0v) is 15.4. The molecule has 0 bridgehead atoms. The van der Waals surface area contributed by atoms with Crippen molar-refractivity contribution < 1.29 is 0 Å². The van der Waals surface area contributed by atoms with Crippen LogP contribution in [0.1, 0.15) is 9.75 Å². The van der Waals surface area contributed by atoms with Gasteiger partial charge in [0.05, 0.1) is 5.57 Å². The molecule has 0 amide bonds. The summed E-state index contributed by atoms with van der Waals surface area (Å²) in [6.45, 7) is 0. The van der Waals surface area contributed by atoms with Gasteiger partial charge in [0.25, 0.3) is 0 Å². The smallest absolute Gasteiger partial charge is 0.101 e. The van der Waals surface area contributed by atoms with E-state index in [9.17, 15) is 5.26 Å². The van der Waals surface area contributed by atoms with Gasteiger partial charge < -0.3 is 0 Å². The van der Waals surface area contributed by atoms with Crippen molar-refractivity contribution in [3.05, 3.63) is 88.9 Å². The molecule has 0 N–H and O–H groups in total. The van der Waals surface area contributed by atoms with Gasteiger partial charge in [0.15, 0.2) is 0 Å². The van der Waals surface area contributed by atoms with Crippen LogP contribution in [0.3, 0.4) is 0 Å². The van der Waals surface area contributed by atoms with Crippen LogP contribution in [0.25, 0.3) is 32.5 Å². The third kappa shape index (κ3) is 3.50. The summed E-state index contributed by atoms with van der Waals surface area (Å²) in [6.07, 6.45) is 5.54. The van der Waals surface area contributed by atoms with Gasteiger partial charge in [-0.3, -0.25) is 4.98 Å². The fourth-order valence-electron chi connectivity index (χ4n) is 2.64. The summed E-state index contributed by atoms with van der Waals surface area (Å²) in [5.74, 6) is 0.